The lowest BCUT2D eigenvalue weighted by Gasteiger charge is -2.26. The van der Waals surface area contributed by atoms with Crippen LogP contribution >= 0.6 is 7.82 Å². The lowest BCUT2D eigenvalue weighted by atomic mass is 10.0. The number of allylic oxidation sites excluding steroid dienone is 4. The van der Waals surface area contributed by atoms with E-state index in [-0.39, 0.29) is 51.3 Å². The molecule has 1 aliphatic rings. The van der Waals surface area contributed by atoms with E-state index in [1.54, 1.807) is 4.90 Å². The minimum atomic E-state index is -4.68. The second-order valence-electron chi connectivity index (χ2n) is 19.3. The van der Waals surface area contributed by atoms with E-state index in [0.717, 1.165) is 88.2 Å². The van der Waals surface area contributed by atoms with E-state index in [1.807, 2.05) is 48.5 Å². The Hall–Kier alpha value is -4.53. The van der Waals surface area contributed by atoms with E-state index in [0.29, 0.717) is 30.6 Å². The Labute approximate surface area is 439 Å². The van der Waals surface area contributed by atoms with E-state index < -0.39 is 38.4 Å². The van der Waals surface area contributed by atoms with Crippen molar-refractivity contribution in [1.29, 1.82) is 0 Å². The summed E-state index contributed by atoms with van der Waals surface area (Å²) < 4.78 is 34.3. The summed E-state index contributed by atoms with van der Waals surface area (Å²) in [7, 11) is -4.68. The number of amides is 2. The first kappa shape index (κ1) is 62.8. The molecule has 1 heterocycles. The van der Waals surface area contributed by atoms with Gasteiger partial charge in [-0.1, -0.05) is 183 Å². The van der Waals surface area contributed by atoms with Crippen LogP contribution < -0.4 is 10.2 Å². The Morgan fingerprint density at radius 1 is 0.603 bits per heavy atom. The monoisotopic (exact) mass is 1030 g/mol. The highest BCUT2D eigenvalue weighted by Crippen LogP contribution is 2.43. The van der Waals surface area contributed by atoms with Gasteiger partial charge in [0.1, 0.15) is 6.61 Å². The van der Waals surface area contributed by atoms with Gasteiger partial charge in [0.05, 0.1) is 25.4 Å². The largest absolute Gasteiger partial charge is 0.472 e. The Morgan fingerprint density at radius 3 is 1.68 bits per heavy atom. The number of rotatable bonds is 43. The topological polar surface area (TPSA) is 158 Å². The first-order chi connectivity index (χ1) is 35.6. The molecule has 3 rings (SSSR count). The van der Waals surface area contributed by atoms with Crippen molar-refractivity contribution < 1.29 is 47.2 Å². The van der Waals surface area contributed by atoms with Gasteiger partial charge in [-0.2, -0.15) is 0 Å². The lowest BCUT2D eigenvalue weighted by molar-refractivity contribution is -0.161. The van der Waals surface area contributed by atoms with Gasteiger partial charge in [-0.15, -0.1) is 0 Å². The predicted octanol–water partition coefficient (Wildman–Crippen LogP) is 14.5. The molecule has 0 aromatic heterocycles. The molecule has 73 heavy (non-hydrogen) atoms. The highest BCUT2D eigenvalue weighted by Gasteiger charge is 2.27. The molecule has 0 spiro atoms. The van der Waals surface area contributed by atoms with Gasteiger partial charge in [0.2, 0.25) is 11.8 Å². The number of nitrogens with one attached hydrogen (secondary N) is 1. The molecule has 1 aliphatic heterocycles. The van der Waals surface area contributed by atoms with Crippen molar-refractivity contribution >= 4 is 37.3 Å². The number of hydrogen-bond donors (Lipinski definition) is 2. The Bertz CT molecular complexity index is 2020. The smallest absolute Gasteiger partial charge is 0.462 e. The van der Waals surface area contributed by atoms with Crippen molar-refractivity contribution in [3.05, 3.63) is 89.5 Å². The second kappa shape index (κ2) is 40.8. The van der Waals surface area contributed by atoms with Crippen molar-refractivity contribution in [3.8, 4) is 11.8 Å². The van der Waals surface area contributed by atoms with E-state index in [4.69, 9.17) is 18.5 Å². The molecule has 12 nitrogen and oxygen atoms in total. The standard InChI is InChI=1S/C60H91N2O10P/c1-3-5-7-9-11-13-15-17-19-21-23-25-27-29-31-41-59(65)69-50-55(72-60(66)42-32-30-28-26-24-22-20-18-16-14-12-10-8-6-4-2)51-71-73(67,68)70-48-47-61-57(63)45-46-58(64)62-49-54-39-34-33-37-52(54)43-44-53-38-35-36-40-56(53)62/h17-20,33-40,55H,3-16,21-32,41-42,45-51H2,1-2H3,(H,61,63)(H,67,68)/b19-17-,20-18-/t55-/m1/s1. The minimum absolute atomic E-state index is 0.0718. The molecule has 2 aromatic carbocycles. The summed E-state index contributed by atoms with van der Waals surface area (Å²) >= 11 is 0. The number of para-hydroxylation sites is 1. The molecule has 0 bridgehead atoms. The number of fused-ring (bicyclic) bond motifs is 2. The van der Waals surface area contributed by atoms with Gasteiger partial charge < -0.3 is 24.6 Å². The molecule has 0 radical (unpaired) electrons. The highest BCUT2D eigenvalue weighted by molar-refractivity contribution is 7.47. The summed E-state index contributed by atoms with van der Waals surface area (Å²) in [4.78, 5) is 64.0. The molecule has 13 heteroatoms. The zero-order valence-corrected chi connectivity index (χ0v) is 45.7. The van der Waals surface area contributed by atoms with Crippen LogP contribution in [0.15, 0.2) is 72.8 Å². The number of carbonyl (C=O) groups excluding carboxylic acids is 4. The number of phosphoric ester groups is 1. The van der Waals surface area contributed by atoms with E-state index in [2.05, 4.69) is 55.3 Å². The third-order valence-corrected chi connectivity index (χ3v) is 13.8. The first-order valence-electron chi connectivity index (χ1n) is 28.1. The lowest BCUT2D eigenvalue weighted by Crippen LogP contribution is -2.33. The summed E-state index contributed by atoms with van der Waals surface area (Å²) in [5.41, 5.74) is 3.12. The molecule has 406 valence electrons. The van der Waals surface area contributed by atoms with Crippen LogP contribution in [0, 0.1) is 11.8 Å². The third-order valence-electron chi connectivity index (χ3n) is 12.9. The number of anilines is 1. The van der Waals surface area contributed by atoms with Crippen LogP contribution in [0.25, 0.3) is 0 Å². The normalized spacial score (nSPS) is 13.3. The zero-order chi connectivity index (χ0) is 52.5. The third kappa shape index (κ3) is 31.1. The number of nitrogens with zero attached hydrogens (tertiary/aromatic N) is 1. The Balaban J connectivity index is 1.37. The molecule has 0 saturated carbocycles. The molecule has 0 saturated heterocycles. The number of carbonyl (C=O) groups is 4. The molecule has 2 N–H and O–H groups in total. The quantitative estimate of drug-likeness (QED) is 0.0215. The molecule has 1 unspecified atom stereocenters. The van der Waals surface area contributed by atoms with Crippen molar-refractivity contribution in [1.82, 2.24) is 5.32 Å². The SMILES string of the molecule is CCCCCCCC/C=C\CCCCCCCC(=O)OC[C@H](COP(=O)(O)OCCNC(=O)CCC(=O)N1Cc2ccccc2C#Cc2ccccc21)OC(=O)CCCCCCC/C=C\CCCCCCCC. The van der Waals surface area contributed by atoms with E-state index in [9.17, 15) is 28.6 Å². The summed E-state index contributed by atoms with van der Waals surface area (Å²) in [5, 5.41) is 2.62. The number of phosphoric acid groups is 1. The van der Waals surface area contributed by atoms with Crippen molar-refractivity contribution in [2.24, 2.45) is 0 Å². The number of unbranched alkanes of at least 4 members (excludes halogenated alkanes) is 22. The first-order valence-corrected chi connectivity index (χ1v) is 29.6. The van der Waals surface area contributed by atoms with Crippen molar-refractivity contribution in [2.45, 2.75) is 219 Å². The highest BCUT2D eigenvalue weighted by atomic mass is 31.2. The summed E-state index contributed by atoms with van der Waals surface area (Å²) in [6.07, 6.45) is 37.9. The average molecular weight is 1030 g/mol. The van der Waals surface area contributed by atoms with Gasteiger partial charge in [-0.3, -0.25) is 28.2 Å². The summed E-state index contributed by atoms with van der Waals surface area (Å²) in [6, 6.07) is 15.0. The maximum atomic E-state index is 13.5. The van der Waals surface area contributed by atoms with Gasteiger partial charge in [-0.05, 0) is 88.0 Å². The van der Waals surface area contributed by atoms with Gasteiger partial charge in [0.15, 0.2) is 6.10 Å². The fraction of sp³-hybridized carbons (Fsp3) is 0.633. The maximum absolute atomic E-state index is 13.5. The van der Waals surface area contributed by atoms with Gasteiger partial charge in [0.25, 0.3) is 0 Å². The van der Waals surface area contributed by atoms with Gasteiger partial charge in [0, 0.05) is 43.4 Å². The Kier molecular flexibility index (Phi) is 35.1. The van der Waals surface area contributed by atoms with Crippen LogP contribution in [0.2, 0.25) is 0 Å². The molecule has 2 amide bonds. The fourth-order valence-electron chi connectivity index (χ4n) is 8.52. The second-order valence-corrected chi connectivity index (χ2v) is 20.8. The minimum Gasteiger partial charge on any atom is -0.462 e. The predicted molar refractivity (Wildman–Crippen MR) is 294 cm³/mol. The zero-order valence-electron chi connectivity index (χ0n) is 44.8. The fourth-order valence-corrected chi connectivity index (χ4v) is 9.27. The number of benzene rings is 2. The van der Waals surface area contributed by atoms with Crippen LogP contribution in [-0.2, 0) is 48.8 Å². The van der Waals surface area contributed by atoms with Crippen LogP contribution in [0.5, 0.6) is 0 Å². The summed E-state index contributed by atoms with van der Waals surface area (Å²) in [5.74, 6) is 4.72. The van der Waals surface area contributed by atoms with E-state index in [1.165, 1.54) is 77.0 Å². The summed E-state index contributed by atoms with van der Waals surface area (Å²) in [6.45, 7) is 3.41. The maximum Gasteiger partial charge on any atom is 0.472 e. The van der Waals surface area contributed by atoms with Crippen molar-refractivity contribution in [3.63, 3.8) is 0 Å². The molecule has 0 fully saturated rings. The van der Waals surface area contributed by atoms with Crippen molar-refractivity contribution in [2.75, 3.05) is 31.3 Å². The molecule has 2 aromatic rings. The average Bonchev–Trinajstić information content (AvgIpc) is 3.38. The molecule has 2 atom stereocenters. The van der Waals surface area contributed by atoms with Gasteiger partial charge in [-0.25, -0.2) is 4.57 Å². The van der Waals surface area contributed by atoms with Crippen LogP contribution in [0.1, 0.15) is 223 Å². The van der Waals surface area contributed by atoms with Crippen LogP contribution in [0.4, 0.5) is 5.69 Å². The van der Waals surface area contributed by atoms with Crippen LogP contribution in [-0.4, -0.2) is 61.1 Å². The van der Waals surface area contributed by atoms with Crippen LogP contribution in [0.3, 0.4) is 0 Å². The number of hydrogen-bond acceptors (Lipinski definition) is 9. The number of esters is 2. The molecular formula is C60H91N2O10P. The molecular weight excluding hydrogens is 940 g/mol. The van der Waals surface area contributed by atoms with E-state index >= 15 is 0 Å². The molecule has 0 aliphatic carbocycles. The Morgan fingerprint density at radius 2 is 1.10 bits per heavy atom. The number of ether oxygens (including phenoxy) is 2. The van der Waals surface area contributed by atoms with Gasteiger partial charge >= 0.3 is 19.8 Å².